The van der Waals surface area contributed by atoms with Crippen molar-refractivity contribution in [3.05, 3.63) is 223 Å². The zero-order valence-electron chi connectivity index (χ0n) is 34.5. The Balaban J connectivity index is 0.000000293. The molecule has 0 fully saturated rings. The van der Waals surface area contributed by atoms with Crippen molar-refractivity contribution in [2.24, 2.45) is 0 Å². The molecule has 0 aliphatic rings. The molecule has 0 saturated carbocycles. The topological polar surface area (TPSA) is 177 Å². The van der Waals surface area contributed by atoms with Gasteiger partial charge in [0.25, 0.3) is 0 Å². The fourth-order valence-corrected chi connectivity index (χ4v) is 5.25. The Morgan fingerprint density at radius 3 is 1.02 bits per heavy atom. The van der Waals surface area contributed by atoms with Crippen molar-refractivity contribution in [2.75, 3.05) is 27.0 Å². The number of benzene rings is 5. The molecule has 9 rings (SSSR count). The number of anilines is 9. The van der Waals surface area contributed by atoms with Gasteiger partial charge >= 0.3 is 0 Å². The van der Waals surface area contributed by atoms with Crippen molar-refractivity contribution < 1.29 is 0 Å². The van der Waals surface area contributed by atoms with E-state index in [1.165, 1.54) is 0 Å². The molecule has 0 bridgehead atoms. The molecular weight excluding hydrogens is 866 g/mol. The van der Waals surface area contributed by atoms with Crippen LogP contribution >= 0.6 is 23.2 Å². The molecule has 0 aliphatic carbocycles. The second kappa shape index (κ2) is 30.9. The van der Waals surface area contributed by atoms with Crippen molar-refractivity contribution in [1.29, 1.82) is 0 Å². The Morgan fingerprint density at radius 2 is 0.667 bits per heavy atom. The van der Waals surface area contributed by atoms with Crippen molar-refractivity contribution >= 4 is 75.2 Å². The van der Waals surface area contributed by atoms with Crippen LogP contribution in [-0.4, -0.2) is 39.9 Å². The van der Waals surface area contributed by atoms with E-state index in [0.717, 1.165) is 45.6 Å². The summed E-state index contributed by atoms with van der Waals surface area (Å²) in [5, 5.41) is 13.2. The lowest BCUT2D eigenvalue weighted by Crippen LogP contribution is -2.00. The molecule has 6 N–H and O–H groups in total. The van der Waals surface area contributed by atoms with E-state index < -0.39 is 0 Å². The largest absolute Gasteiger partial charge is 0.399 e. The van der Waals surface area contributed by atoms with Crippen LogP contribution in [0.4, 0.5) is 52.0 Å². The molecule has 13 nitrogen and oxygen atoms in total. The van der Waals surface area contributed by atoms with Crippen LogP contribution in [0, 0.1) is 13.8 Å². The second-order valence-corrected chi connectivity index (χ2v) is 13.5. The van der Waals surface area contributed by atoms with Crippen molar-refractivity contribution in [1.82, 2.24) is 39.9 Å². The molecule has 0 aliphatic heterocycles. The standard InChI is InChI=1S/C16H14N4.C11H11N3.C10H8ClN3.C6H7N.C5H5ClN2.3CH4/c1-3-7-13(8-4-1)18-15-11-12-17-16(20-15)19-14-9-5-2-6-10-14;1-9-7-8-12-11(13-9)14-10-5-3-2-4-6-10;11-10-12-7-6-9(14-10)13-8-4-2-1-3-5-8;7-6-4-2-1-3-5-6;1-4-2-3-7-5(6)8-4;;;/h1-12H,(H2,17,18,19,20);2-8H,1H3,(H,12,13,14);1-7H,(H,12,13,14);1-5H,7H2;2-3H,1H3;3*1H4. The maximum absolute atomic E-state index is 5.65. The van der Waals surface area contributed by atoms with Crippen LogP contribution in [0.25, 0.3) is 0 Å². The molecule has 5 aromatic carbocycles. The van der Waals surface area contributed by atoms with Gasteiger partial charge in [-0.25, -0.2) is 34.9 Å². The number of nitrogens with zero attached hydrogens (tertiary/aromatic N) is 8. The summed E-state index contributed by atoms with van der Waals surface area (Å²) in [4.78, 5) is 32.3. The Bertz CT molecular complexity index is 2480. The average Bonchev–Trinajstić information content (AvgIpc) is 3.29. The number of hydrogen-bond donors (Lipinski definition) is 5. The third-order valence-electron chi connectivity index (χ3n) is 7.79. The average molecular weight is 923 g/mol. The van der Waals surface area contributed by atoms with Crippen LogP contribution in [0.1, 0.15) is 33.7 Å². The van der Waals surface area contributed by atoms with Gasteiger partial charge in [0.2, 0.25) is 22.5 Å². The Labute approximate surface area is 399 Å². The number of nitrogen functional groups attached to an aromatic ring is 1. The van der Waals surface area contributed by atoms with Crippen molar-refractivity contribution in [3.8, 4) is 0 Å². The first-order valence-electron chi connectivity index (χ1n) is 19.4. The lowest BCUT2D eigenvalue weighted by molar-refractivity contribution is 1.10. The van der Waals surface area contributed by atoms with Gasteiger partial charge in [0.1, 0.15) is 11.6 Å². The fraction of sp³-hybridized carbons (Fsp3) is 0.0980. The van der Waals surface area contributed by atoms with Gasteiger partial charge in [-0.1, -0.05) is 113 Å². The number of rotatable bonds is 8. The van der Waals surface area contributed by atoms with Crippen LogP contribution in [0.5, 0.6) is 0 Å². The fourth-order valence-electron chi connectivity index (χ4n) is 4.91. The van der Waals surface area contributed by atoms with Gasteiger partial charge in [0.15, 0.2) is 0 Å². The molecule has 4 aromatic heterocycles. The summed E-state index contributed by atoms with van der Waals surface area (Å²) < 4.78 is 0. The third kappa shape index (κ3) is 21.9. The first kappa shape index (κ1) is 54.1. The number of aryl methyl sites for hydroxylation is 2. The lowest BCUT2D eigenvalue weighted by atomic mass is 10.3. The minimum absolute atomic E-state index is 0. The molecule has 0 amide bonds. The van der Waals surface area contributed by atoms with E-state index in [2.05, 4.69) is 61.1 Å². The SMILES string of the molecule is C.C.C.Cc1ccnc(Cl)n1.Cc1ccnc(Nc2ccccc2)n1.Clc1nccc(Nc2ccccc2)n1.Nc1ccccc1.c1ccc(Nc2ccnc(Nc3ccccc3)n2)cc1. The zero-order valence-corrected chi connectivity index (χ0v) is 36.0. The Morgan fingerprint density at radius 1 is 0.348 bits per heavy atom. The zero-order chi connectivity index (χ0) is 44.3. The number of nitrogens with one attached hydrogen (secondary N) is 4. The van der Waals surface area contributed by atoms with E-state index >= 15 is 0 Å². The van der Waals surface area contributed by atoms with Gasteiger partial charge in [-0.05, 0) is 122 Å². The molecule has 15 heteroatoms. The van der Waals surface area contributed by atoms with Crippen LogP contribution in [0.2, 0.25) is 10.6 Å². The van der Waals surface area contributed by atoms with Crippen LogP contribution < -0.4 is 27.0 Å². The Kier molecular flexibility index (Phi) is 25.4. The predicted molar refractivity (Wildman–Crippen MR) is 278 cm³/mol. The lowest BCUT2D eigenvalue weighted by Gasteiger charge is -2.08. The van der Waals surface area contributed by atoms with Gasteiger partial charge in [-0.2, -0.15) is 4.98 Å². The highest BCUT2D eigenvalue weighted by Gasteiger charge is 2.01. The van der Waals surface area contributed by atoms with Crippen LogP contribution in [-0.2, 0) is 0 Å². The predicted octanol–water partition coefficient (Wildman–Crippen LogP) is 14.0. The van der Waals surface area contributed by atoms with E-state index in [1.54, 1.807) is 36.9 Å². The van der Waals surface area contributed by atoms with Gasteiger partial charge in [0.05, 0.1) is 0 Å². The highest BCUT2D eigenvalue weighted by atomic mass is 35.5. The van der Waals surface area contributed by atoms with Gasteiger partial charge in [0, 0.05) is 64.6 Å². The summed E-state index contributed by atoms with van der Waals surface area (Å²) >= 11 is 11.1. The van der Waals surface area contributed by atoms with Crippen molar-refractivity contribution in [2.45, 2.75) is 36.1 Å². The summed E-state index contributed by atoms with van der Waals surface area (Å²) in [6.07, 6.45) is 6.71. The molecule has 66 heavy (non-hydrogen) atoms. The number of para-hydroxylation sites is 5. The minimum Gasteiger partial charge on any atom is -0.399 e. The highest BCUT2D eigenvalue weighted by Crippen LogP contribution is 2.18. The third-order valence-corrected chi connectivity index (χ3v) is 8.16. The van der Waals surface area contributed by atoms with Crippen LogP contribution in [0.15, 0.2) is 201 Å². The van der Waals surface area contributed by atoms with Crippen LogP contribution in [0.3, 0.4) is 0 Å². The van der Waals surface area contributed by atoms with E-state index in [1.807, 2.05) is 178 Å². The minimum atomic E-state index is 0. The molecule has 0 spiro atoms. The molecule has 0 radical (unpaired) electrons. The Hall–Kier alpha value is -8.00. The number of aromatic nitrogens is 8. The van der Waals surface area contributed by atoms with E-state index in [-0.39, 0.29) is 27.6 Å². The number of hydrogen-bond acceptors (Lipinski definition) is 13. The summed E-state index contributed by atoms with van der Waals surface area (Å²) in [5.74, 6) is 2.65. The quantitative estimate of drug-likeness (QED) is 0.0719. The van der Waals surface area contributed by atoms with Crippen molar-refractivity contribution in [3.63, 3.8) is 0 Å². The molecule has 9 aromatic rings. The highest BCUT2D eigenvalue weighted by molar-refractivity contribution is 6.28. The summed E-state index contributed by atoms with van der Waals surface area (Å²) in [7, 11) is 0. The molecule has 0 unspecified atom stereocenters. The smallest absolute Gasteiger partial charge is 0.229 e. The van der Waals surface area contributed by atoms with E-state index in [9.17, 15) is 0 Å². The second-order valence-electron chi connectivity index (χ2n) is 12.8. The number of halogens is 2. The van der Waals surface area contributed by atoms with E-state index in [0.29, 0.717) is 23.0 Å². The van der Waals surface area contributed by atoms with Gasteiger partial charge in [-0.15, -0.1) is 0 Å². The van der Waals surface area contributed by atoms with Gasteiger partial charge in [-0.3, -0.25) is 0 Å². The molecular formula is C51H57Cl2N13. The first-order chi connectivity index (χ1) is 30.8. The number of nitrogens with two attached hydrogens (primary N) is 1. The molecule has 340 valence electrons. The summed E-state index contributed by atoms with van der Waals surface area (Å²) in [5.41, 5.74) is 12.0. The van der Waals surface area contributed by atoms with E-state index in [4.69, 9.17) is 28.9 Å². The maximum atomic E-state index is 5.65. The normalized spacial score (nSPS) is 9.21. The summed E-state index contributed by atoms with van der Waals surface area (Å²) in [6.45, 7) is 3.81. The monoisotopic (exact) mass is 921 g/mol. The summed E-state index contributed by atoms with van der Waals surface area (Å²) in [6, 6.07) is 56.2. The maximum Gasteiger partial charge on any atom is 0.229 e. The first-order valence-corrected chi connectivity index (χ1v) is 20.2. The molecule has 4 heterocycles. The van der Waals surface area contributed by atoms with Gasteiger partial charge < -0.3 is 27.0 Å². The molecule has 0 atom stereocenters. The molecule has 0 saturated heterocycles.